The zero-order valence-corrected chi connectivity index (χ0v) is 19.5. The van der Waals surface area contributed by atoms with Crippen LogP contribution in [0.15, 0.2) is 65.4 Å². The minimum atomic E-state index is -0.294. The molecule has 1 atom stereocenters. The molecule has 1 aliphatic heterocycles. The maximum absolute atomic E-state index is 13.7. The second kappa shape index (κ2) is 7.62. The lowest BCUT2D eigenvalue weighted by atomic mass is 9.85. The van der Waals surface area contributed by atoms with Crippen LogP contribution in [0.5, 0.6) is 0 Å². The summed E-state index contributed by atoms with van der Waals surface area (Å²) in [5.41, 5.74) is 6.81. The summed E-state index contributed by atoms with van der Waals surface area (Å²) in [6, 6.07) is 17.6. The molecule has 1 N–H and O–H groups in total. The molecule has 4 aromatic rings. The lowest BCUT2D eigenvalue weighted by Crippen LogP contribution is -2.31. The summed E-state index contributed by atoms with van der Waals surface area (Å²) in [5.74, 6) is -0.0826. The van der Waals surface area contributed by atoms with Gasteiger partial charge in [0, 0.05) is 53.6 Å². The third kappa shape index (κ3) is 3.40. The summed E-state index contributed by atoms with van der Waals surface area (Å²) in [6.45, 7) is 6.37. The number of hydrogen-bond acceptors (Lipinski definition) is 5. The zero-order chi connectivity index (χ0) is 23.3. The first-order valence-electron chi connectivity index (χ1n) is 11.0. The first-order valence-corrected chi connectivity index (χ1v) is 11.0. The van der Waals surface area contributed by atoms with E-state index in [0.717, 1.165) is 39.5 Å². The van der Waals surface area contributed by atoms with Crippen LogP contribution in [0.1, 0.15) is 54.1 Å². The second-order valence-electron chi connectivity index (χ2n) is 9.57. The maximum atomic E-state index is 13.7. The van der Waals surface area contributed by atoms with E-state index in [0.29, 0.717) is 5.69 Å². The largest absolute Gasteiger partial charge is 0.377 e. The highest BCUT2D eigenvalue weighted by molar-refractivity contribution is 6.11. The van der Waals surface area contributed by atoms with Crippen molar-refractivity contribution in [2.45, 2.75) is 32.2 Å². The van der Waals surface area contributed by atoms with E-state index in [9.17, 15) is 4.79 Å². The number of anilines is 2. The smallest absolute Gasteiger partial charge is 0.277 e. The lowest BCUT2D eigenvalue weighted by molar-refractivity contribution is 0.0988. The summed E-state index contributed by atoms with van der Waals surface area (Å²) < 4.78 is 4.97. The lowest BCUT2D eigenvalue weighted by Gasteiger charge is -2.31. The predicted molar refractivity (Wildman–Crippen MR) is 129 cm³/mol. The van der Waals surface area contributed by atoms with E-state index in [2.05, 4.69) is 53.2 Å². The van der Waals surface area contributed by atoms with Crippen molar-refractivity contribution >= 4 is 17.3 Å². The van der Waals surface area contributed by atoms with Crippen LogP contribution in [-0.4, -0.2) is 35.4 Å². The van der Waals surface area contributed by atoms with Crippen LogP contribution < -0.4 is 9.80 Å². The fourth-order valence-corrected chi connectivity index (χ4v) is 4.56. The summed E-state index contributed by atoms with van der Waals surface area (Å²) in [6.07, 6.45) is 1.55. The Morgan fingerprint density at radius 2 is 1.76 bits per heavy atom. The highest BCUT2D eigenvalue weighted by atomic mass is 16.5. The maximum Gasteiger partial charge on any atom is 0.277 e. The van der Waals surface area contributed by atoms with Gasteiger partial charge in [0.25, 0.3) is 5.91 Å². The number of aromatic nitrogens is 3. The minimum absolute atomic E-state index is 0.0826. The topological polar surface area (TPSA) is 78.3 Å². The third-order valence-electron chi connectivity index (χ3n) is 6.07. The minimum Gasteiger partial charge on any atom is -0.377 e. The summed E-state index contributed by atoms with van der Waals surface area (Å²) in [7, 11) is 4.04. The van der Waals surface area contributed by atoms with Gasteiger partial charge in [-0.2, -0.15) is 5.10 Å². The van der Waals surface area contributed by atoms with Gasteiger partial charge >= 0.3 is 0 Å². The van der Waals surface area contributed by atoms with Gasteiger partial charge in [0.15, 0.2) is 0 Å². The molecule has 1 unspecified atom stereocenters. The molecule has 0 radical (unpaired) electrons. The molecule has 0 bridgehead atoms. The number of rotatable bonds is 4. The summed E-state index contributed by atoms with van der Waals surface area (Å²) >= 11 is 0. The van der Waals surface area contributed by atoms with Crippen LogP contribution in [0.25, 0.3) is 11.3 Å². The summed E-state index contributed by atoms with van der Waals surface area (Å²) in [4.78, 5) is 17.7. The van der Waals surface area contributed by atoms with Crippen LogP contribution in [-0.2, 0) is 5.41 Å². The van der Waals surface area contributed by atoms with Crippen molar-refractivity contribution in [1.29, 1.82) is 0 Å². The predicted octanol–water partition coefficient (Wildman–Crippen LogP) is 5.18. The molecule has 2 aromatic heterocycles. The molecule has 0 saturated carbocycles. The fourth-order valence-electron chi connectivity index (χ4n) is 4.56. The van der Waals surface area contributed by atoms with Gasteiger partial charge in [-0.15, -0.1) is 0 Å². The first-order chi connectivity index (χ1) is 15.8. The highest BCUT2D eigenvalue weighted by Crippen LogP contribution is 2.47. The number of nitrogens with zero attached hydrogens (tertiary/aromatic N) is 4. The Balaban J connectivity index is 1.69. The van der Waals surface area contributed by atoms with Crippen molar-refractivity contribution in [3.63, 3.8) is 0 Å². The monoisotopic (exact) mass is 441 g/mol. The van der Waals surface area contributed by atoms with E-state index in [1.54, 1.807) is 6.26 Å². The molecule has 7 nitrogen and oxygen atoms in total. The Bertz CT molecular complexity index is 1300. The molecular weight excluding hydrogens is 414 g/mol. The van der Waals surface area contributed by atoms with Crippen LogP contribution in [0.4, 0.5) is 11.4 Å². The molecular formula is C26H27N5O2. The molecule has 3 heterocycles. The normalized spacial score (nSPS) is 15.7. The van der Waals surface area contributed by atoms with Crippen molar-refractivity contribution in [3.8, 4) is 11.3 Å². The Hall–Kier alpha value is -3.87. The number of aromatic amines is 1. The van der Waals surface area contributed by atoms with Crippen LogP contribution in [0.3, 0.4) is 0 Å². The van der Waals surface area contributed by atoms with Gasteiger partial charge in [-0.1, -0.05) is 56.3 Å². The molecule has 5 rings (SSSR count). The fraction of sp³-hybridized carbons (Fsp3) is 0.269. The van der Waals surface area contributed by atoms with Gasteiger partial charge in [0.1, 0.15) is 17.7 Å². The van der Waals surface area contributed by atoms with Gasteiger partial charge in [0.05, 0.1) is 11.7 Å². The number of carbonyl (C=O) groups is 1. The Labute approximate surface area is 193 Å². The molecule has 0 spiro atoms. The number of benzene rings is 2. The molecule has 1 aliphatic rings. The second-order valence-corrected chi connectivity index (χ2v) is 9.57. The van der Waals surface area contributed by atoms with Crippen molar-refractivity contribution in [2.75, 3.05) is 23.9 Å². The Morgan fingerprint density at radius 3 is 2.39 bits per heavy atom. The van der Waals surface area contributed by atoms with E-state index in [1.807, 2.05) is 61.5 Å². The number of hydrogen-bond donors (Lipinski definition) is 1. The molecule has 2 aromatic carbocycles. The highest BCUT2D eigenvalue weighted by Gasteiger charge is 2.45. The van der Waals surface area contributed by atoms with Gasteiger partial charge in [-0.05, 0) is 18.2 Å². The SMILES string of the molecule is CN(C)c1ccccc1C1c2c(C(C)(C)C)n[nH]c2C(=O)N1c1ccc(-c2ccon2)cc1. The zero-order valence-electron chi connectivity index (χ0n) is 19.5. The number of nitrogens with one attached hydrogen (secondary N) is 1. The van der Waals surface area contributed by atoms with Crippen molar-refractivity contribution in [1.82, 2.24) is 15.4 Å². The molecule has 33 heavy (non-hydrogen) atoms. The summed E-state index contributed by atoms with van der Waals surface area (Å²) in [5, 5.41) is 11.6. The van der Waals surface area contributed by atoms with Crippen LogP contribution >= 0.6 is 0 Å². The van der Waals surface area contributed by atoms with E-state index >= 15 is 0 Å². The molecule has 0 saturated heterocycles. The van der Waals surface area contributed by atoms with Gasteiger partial charge < -0.3 is 9.42 Å². The van der Waals surface area contributed by atoms with Crippen LogP contribution in [0, 0.1) is 0 Å². The van der Waals surface area contributed by atoms with E-state index < -0.39 is 0 Å². The number of amides is 1. The molecule has 168 valence electrons. The van der Waals surface area contributed by atoms with Crippen molar-refractivity contribution < 1.29 is 9.32 Å². The number of fused-ring (bicyclic) bond motifs is 1. The standard InChI is InChI=1S/C26H27N5O2/c1-26(2,3)24-21-22(27-28-24)25(32)31(23(21)18-8-6-7-9-20(18)30(4)5)17-12-10-16(11-13-17)19-14-15-33-29-19/h6-15,23H,1-5H3,(H,27,28). The van der Waals surface area contributed by atoms with Gasteiger partial charge in [0.2, 0.25) is 0 Å². The molecule has 0 aliphatic carbocycles. The van der Waals surface area contributed by atoms with Gasteiger partial charge in [-0.3, -0.25) is 14.8 Å². The average molecular weight is 442 g/mol. The number of para-hydroxylation sites is 1. The van der Waals surface area contributed by atoms with E-state index in [1.165, 1.54) is 0 Å². The number of carbonyl (C=O) groups excluding carboxylic acids is 1. The van der Waals surface area contributed by atoms with Crippen molar-refractivity contribution in [3.05, 3.63) is 83.4 Å². The average Bonchev–Trinajstić information content (AvgIpc) is 3.51. The molecule has 1 amide bonds. The first kappa shape index (κ1) is 21.0. The van der Waals surface area contributed by atoms with E-state index in [-0.39, 0.29) is 17.4 Å². The third-order valence-corrected chi connectivity index (χ3v) is 6.07. The number of H-pyrrole nitrogens is 1. The van der Waals surface area contributed by atoms with E-state index in [4.69, 9.17) is 4.52 Å². The molecule has 0 fully saturated rings. The Kier molecular flexibility index (Phi) is 4.85. The van der Waals surface area contributed by atoms with Crippen LogP contribution in [0.2, 0.25) is 0 Å². The van der Waals surface area contributed by atoms with Gasteiger partial charge in [-0.25, -0.2) is 0 Å². The quantitative estimate of drug-likeness (QED) is 0.472. The Morgan fingerprint density at radius 1 is 1.03 bits per heavy atom. The van der Waals surface area contributed by atoms with Crippen molar-refractivity contribution in [2.24, 2.45) is 0 Å². The molecule has 7 heteroatoms.